The second-order valence-corrected chi connectivity index (χ2v) is 11.8. The SMILES string of the molecule is COc1cc(C2NC(=O)c3cc(C)ccc3N2)ccc1OCCCCOc1cc(-c2cc(-c3cc(OC)c(OC)c(OC)c3)on2)ccc1OC. The largest absolute Gasteiger partial charge is 0.493 e. The van der Waals surface area contributed by atoms with Gasteiger partial charge in [-0.2, -0.15) is 0 Å². The Labute approximate surface area is 296 Å². The van der Waals surface area contributed by atoms with Gasteiger partial charge in [0.2, 0.25) is 5.75 Å². The average Bonchev–Trinajstić information content (AvgIpc) is 3.66. The number of carbonyl (C=O) groups excluding carboxylic acids is 1. The van der Waals surface area contributed by atoms with E-state index in [1.807, 2.05) is 67.6 Å². The van der Waals surface area contributed by atoms with Gasteiger partial charge in [0, 0.05) is 22.9 Å². The van der Waals surface area contributed by atoms with E-state index >= 15 is 0 Å². The number of fused-ring (bicyclic) bond motifs is 1. The van der Waals surface area contributed by atoms with Gasteiger partial charge in [0.15, 0.2) is 40.3 Å². The standard InChI is InChI=1S/C39H41N3O9/c1-23-9-12-28-27(17-23)39(43)41-38(40-28)25-11-14-31(33(19-25)45-3)49-15-7-8-16-50-34-18-24(10-13-30(34)44-2)29-22-32(51-42-29)26-20-35(46-4)37(48-6)36(21-26)47-5/h9-14,17-22,38,40H,7-8,15-16H2,1-6H3,(H,41,43). The number of carbonyl (C=O) groups is 1. The molecule has 0 radical (unpaired) electrons. The fourth-order valence-corrected chi connectivity index (χ4v) is 5.81. The van der Waals surface area contributed by atoms with Gasteiger partial charge in [0.1, 0.15) is 11.9 Å². The highest BCUT2D eigenvalue weighted by atomic mass is 16.5. The zero-order valence-corrected chi connectivity index (χ0v) is 29.5. The van der Waals surface area contributed by atoms with E-state index in [-0.39, 0.29) is 5.91 Å². The summed E-state index contributed by atoms with van der Waals surface area (Å²) in [6.45, 7) is 2.87. The van der Waals surface area contributed by atoms with Crippen LogP contribution < -0.4 is 43.8 Å². The van der Waals surface area contributed by atoms with Gasteiger partial charge in [-0.05, 0) is 79.9 Å². The van der Waals surface area contributed by atoms with Gasteiger partial charge in [-0.25, -0.2) is 0 Å². The van der Waals surface area contributed by atoms with Crippen molar-refractivity contribution < 1.29 is 42.5 Å². The van der Waals surface area contributed by atoms with Crippen LogP contribution in [-0.4, -0.2) is 59.8 Å². The molecule has 12 nitrogen and oxygen atoms in total. The molecule has 12 heteroatoms. The van der Waals surface area contributed by atoms with E-state index in [1.54, 1.807) is 47.7 Å². The molecule has 0 bridgehead atoms. The first-order valence-electron chi connectivity index (χ1n) is 16.4. The van der Waals surface area contributed by atoms with Gasteiger partial charge < -0.3 is 48.3 Å². The van der Waals surface area contributed by atoms with E-state index in [2.05, 4.69) is 15.8 Å². The average molecular weight is 696 g/mol. The van der Waals surface area contributed by atoms with Gasteiger partial charge in [-0.1, -0.05) is 22.9 Å². The van der Waals surface area contributed by atoms with E-state index in [4.69, 9.17) is 37.7 Å². The molecule has 1 aliphatic heterocycles. The van der Waals surface area contributed by atoms with Crippen LogP contribution in [0, 0.1) is 6.92 Å². The maximum atomic E-state index is 12.7. The predicted molar refractivity (Wildman–Crippen MR) is 192 cm³/mol. The molecule has 0 fully saturated rings. The summed E-state index contributed by atoms with van der Waals surface area (Å²) in [7, 11) is 7.88. The molecule has 0 aliphatic carbocycles. The molecule has 2 heterocycles. The van der Waals surface area contributed by atoms with Crippen LogP contribution in [0.3, 0.4) is 0 Å². The zero-order chi connectivity index (χ0) is 35.9. The Morgan fingerprint density at radius 1 is 0.647 bits per heavy atom. The summed E-state index contributed by atoms with van der Waals surface area (Å²) < 4.78 is 45.5. The highest BCUT2D eigenvalue weighted by Crippen LogP contribution is 2.42. The Hall–Kier alpha value is -6.04. The van der Waals surface area contributed by atoms with Crippen molar-refractivity contribution in [3.8, 4) is 62.8 Å². The van der Waals surface area contributed by atoms with Crippen LogP contribution in [-0.2, 0) is 0 Å². The number of benzene rings is 4. The van der Waals surface area contributed by atoms with Crippen LogP contribution in [0.2, 0.25) is 0 Å². The second-order valence-electron chi connectivity index (χ2n) is 11.8. The molecule has 6 rings (SSSR count). The van der Waals surface area contributed by atoms with Crippen LogP contribution in [0.5, 0.6) is 40.2 Å². The number of rotatable bonds is 15. The van der Waals surface area contributed by atoms with E-state index < -0.39 is 6.17 Å². The summed E-state index contributed by atoms with van der Waals surface area (Å²) in [5.74, 6) is 4.32. The first-order chi connectivity index (χ1) is 24.8. The number of hydrogen-bond acceptors (Lipinski definition) is 11. The van der Waals surface area contributed by atoms with Crippen LogP contribution in [0.15, 0.2) is 77.3 Å². The molecule has 1 aliphatic rings. The van der Waals surface area contributed by atoms with Crippen LogP contribution >= 0.6 is 0 Å². The van der Waals surface area contributed by atoms with Crippen molar-refractivity contribution in [3.05, 3.63) is 89.5 Å². The molecular formula is C39H41N3O9. The minimum atomic E-state index is -0.392. The number of aromatic nitrogens is 1. The summed E-state index contributed by atoms with van der Waals surface area (Å²) in [6, 6.07) is 22.5. The monoisotopic (exact) mass is 695 g/mol. The van der Waals surface area contributed by atoms with Crippen molar-refractivity contribution in [2.24, 2.45) is 0 Å². The summed E-state index contributed by atoms with van der Waals surface area (Å²) in [6.07, 6.45) is 1.08. The quantitative estimate of drug-likeness (QED) is 0.106. The molecule has 0 saturated carbocycles. The first-order valence-corrected chi connectivity index (χ1v) is 16.4. The number of nitrogens with one attached hydrogen (secondary N) is 2. The summed E-state index contributed by atoms with van der Waals surface area (Å²) in [4.78, 5) is 12.7. The molecule has 0 spiro atoms. The topological polar surface area (TPSA) is 132 Å². The third-order valence-corrected chi connectivity index (χ3v) is 8.49. The van der Waals surface area contributed by atoms with Crippen molar-refractivity contribution in [2.45, 2.75) is 25.9 Å². The van der Waals surface area contributed by atoms with E-state index in [0.717, 1.165) is 40.8 Å². The lowest BCUT2D eigenvalue weighted by Crippen LogP contribution is -2.38. The fraction of sp³-hybridized carbons (Fsp3) is 0.282. The van der Waals surface area contributed by atoms with Crippen molar-refractivity contribution >= 4 is 11.6 Å². The third-order valence-electron chi connectivity index (χ3n) is 8.49. The molecule has 2 N–H and O–H groups in total. The zero-order valence-electron chi connectivity index (χ0n) is 29.5. The molecule has 0 saturated heterocycles. The van der Waals surface area contributed by atoms with Gasteiger partial charge in [0.25, 0.3) is 5.91 Å². The molecule has 1 atom stereocenters. The van der Waals surface area contributed by atoms with E-state index in [0.29, 0.717) is 70.5 Å². The van der Waals surface area contributed by atoms with E-state index in [9.17, 15) is 4.79 Å². The molecule has 266 valence electrons. The third kappa shape index (κ3) is 7.59. The fourth-order valence-electron chi connectivity index (χ4n) is 5.81. The minimum absolute atomic E-state index is 0.122. The summed E-state index contributed by atoms with van der Waals surface area (Å²) in [5.41, 5.74) is 5.45. The number of aryl methyl sites for hydroxylation is 1. The Kier molecular flexibility index (Phi) is 10.7. The van der Waals surface area contributed by atoms with Gasteiger partial charge in [-0.3, -0.25) is 4.79 Å². The minimum Gasteiger partial charge on any atom is -0.493 e. The lowest BCUT2D eigenvalue weighted by Gasteiger charge is -2.28. The molecule has 4 aromatic carbocycles. The Morgan fingerprint density at radius 3 is 2.00 bits per heavy atom. The van der Waals surface area contributed by atoms with Gasteiger partial charge in [0.05, 0.1) is 54.3 Å². The van der Waals surface area contributed by atoms with E-state index in [1.165, 1.54) is 0 Å². The predicted octanol–water partition coefficient (Wildman–Crippen LogP) is 7.45. The highest BCUT2D eigenvalue weighted by Gasteiger charge is 2.25. The molecule has 1 amide bonds. The molecular weight excluding hydrogens is 654 g/mol. The Balaban J connectivity index is 1.04. The van der Waals surface area contributed by atoms with Crippen LogP contribution in [0.1, 0.15) is 40.5 Å². The number of amides is 1. The van der Waals surface area contributed by atoms with Gasteiger partial charge >= 0.3 is 0 Å². The maximum absolute atomic E-state index is 12.7. The van der Waals surface area contributed by atoms with Crippen molar-refractivity contribution in [3.63, 3.8) is 0 Å². The Bertz CT molecular complexity index is 1980. The maximum Gasteiger partial charge on any atom is 0.255 e. The number of hydrogen-bond donors (Lipinski definition) is 2. The molecule has 51 heavy (non-hydrogen) atoms. The molecule has 1 aromatic heterocycles. The number of ether oxygens (including phenoxy) is 7. The molecule has 1 unspecified atom stereocenters. The number of methoxy groups -OCH3 is 5. The van der Waals surface area contributed by atoms with Crippen LogP contribution in [0.25, 0.3) is 22.6 Å². The Morgan fingerprint density at radius 2 is 1.31 bits per heavy atom. The molecule has 5 aromatic rings. The van der Waals surface area contributed by atoms with Crippen molar-refractivity contribution in [1.29, 1.82) is 0 Å². The van der Waals surface area contributed by atoms with Gasteiger partial charge in [-0.15, -0.1) is 0 Å². The second kappa shape index (κ2) is 15.7. The number of nitrogens with zero attached hydrogens (tertiary/aromatic N) is 1. The van der Waals surface area contributed by atoms with Crippen LogP contribution in [0.4, 0.5) is 5.69 Å². The van der Waals surface area contributed by atoms with Crippen molar-refractivity contribution in [1.82, 2.24) is 10.5 Å². The smallest absolute Gasteiger partial charge is 0.255 e. The summed E-state index contributed by atoms with van der Waals surface area (Å²) in [5, 5.41) is 10.7. The normalized spacial score (nSPS) is 13.4. The summed E-state index contributed by atoms with van der Waals surface area (Å²) >= 11 is 0. The lowest BCUT2D eigenvalue weighted by molar-refractivity contribution is 0.0935. The number of unbranched alkanes of at least 4 members (excludes halogenated alkanes) is 1. The lowest BCUT2D eigenvalue weighted by atomic mass is 10.0. The first kappa shape index (κ1) is 34.8. The van der Waals surface area contributed by atoms with Crippen molar-refractivity contribution in [2.75, 3.05) is 54.1 Å². The highest BCUT2D eigenvalue weighted by molar-refractivity contribution is 6.02. The number of anilines is 1.